The summed E-state index contributed by atoms with van der Waals surface area (Å²) in [6, 6.07) is 11.3. The van der Waals surface area contributed by atoms with Gasteiger partial charge in [-0.2, -0.15) is 0 Å². The lowest BCUT2D eigenvalue weighted by atomic mass is 9.95. The SMILES string of the molecule is Cc1cn2cc(-c3cc(C)c4nc(C5CCN(C6CC6)CC5)[nH]c(=O)c4c3)cc(F)c2n1.Cc1cn2cc(-c3cc(C)c4nc(C5CCNCC5)[nH]c(=O)c4c3)cc(F)c2n1. The number of rotatable bonds is 5. The summed E-state index contributed by atoms with van der Waals surface area (Å²) in [6.45, 7) is 11.6. The average molecular weight is 823 g/mol. The second kappa shape index (κ2) is 15.4. The topological polar surface area (TPSA) is 141 Å². The van der Waals surface area contributed by atoms with Crippen LogP contribution in [0.3, 0.4) is 0 Å². The molecule has 2 saturated heterocycles. The van der Waals surface area contributed by atoms with Gasteiger partial charge in [0.2, 0.25) is 0 Å². The number of aryl methyl sites for hydroxylation is 4. The number of fused-ring (bicyclic) bond motifs is 4. The molecule has 312 valence electrons. The van der Waals surface area contributed by atoms with E-state index in [1.165, 1.54) is 25.0 Å². The second-order valence-electron chi connectivity index (χ2n) is 17.2. The third kappa shape index (κ3) is 7.52. The Morgan fingerprint density at radius 2 is 1.02 bits per heavy atom. The zero-order valence-corrected chi connectivity index (χ0v) is 34.8. The highest BCUT2D eigenvalue weighted by atomic mass is 19.1. The number of halogens is 2. The molecule has 2 aliphatic heterocycles. The monoisotopic (exact) mass is 822 g/mol. The van der Waals surface area contributed by atoms with E-state index >= 15 is 0 Å². The number of imidazole rings is 2. The molecule has 12 nitrogen and oxygen atoms in total. The maximum atomic E-state index is 14.6. The van der Waals surface area contributed by atoms with Gasteiger partial charge in [-0.25, -0.2) is 28.7 Å². The first-order valence-electron chi connectivity index (χ1n) is 21.3. The summed E-state index contributed by atoms with van der Waals surface area (Å²) in [7, 11) is 0. The fourth-order valence-corrected chi connectivity index (χ4v) is 9.33. The van der Waals surface area contributed by atoms with Crippen molar-refractivity contribution >= 4 is 33.1 Å². The number of aromatic amines is 2. The van der Waals surface area contributed by atoms with Crippen LogP contribution < -0.4 is 16.4 Å². The van der Waals surface area contributed by atoms with Crippen LogP contribution in [0.2, 0.25) is 0 Å². The quantitative estimate of drug-likeness (QED) is 0.160. The van der Waals surface area contributed by atoms with Gasteiger partial charge < -0.3 is 29.0 Å². The van der Waals surface area contributed by atoms with E-state index in [1.54, 1.807) is 27.3 Å². The van der Waals surface area contributed by atoms with E-state index in [9.17, 15) is 18.4 Å². The highest BCUT2D eigenvalue weighted by molar-refractivity contribution is 5.88. The number of hydrogen-bond acceptors (Lipinski definition) is 8. The summed E-state index contributed by atoms with van der Waals surface area (Å²) >= 11 is 0. The zero-order valence-electron chi connectivity index (χ0n) is 34.8. The number of aromatic nitrogens is 8. The molecule has 2 aromatic carbocycles. The summed E-state index contributed by atoms with van der Waals surface area (Å²) in [5.41, 5.74) is 8.08. The fourth-order valence-electron chi connectivity index (χ4n) is 9.33. The van der Waals surface area contributed by atoms with Crippen molar-refractivity contribution in [3.8, 4) is 22.3 Å². The van der Waals surface area contributed by atoms with E-state index in [2.05, 4.69) is 30.2 Å². The van der Waals surface area contributed by atoms with Gasteiger partial charge in [0.05, 0.1) is 33.2 Å². The fraction of sp³-hybridized carbons (Fsp3) is 0.362. The van der Waals surface area contributed by atoms with Gasteiger partial charge in [-0.05, 0) is 151 Å². The van der Waals surface area contributed by atoms with Crippen LogP contribution in [0.15, 0.2) is 70.8 Å². The maximum absolute atomic E-state index is 14.6. The molecule has 0 atom stereocenters. The molecule has 14 heteroatoms. The molecule has 0 amide bonds. The molecule has 0 spiro atoms. The Labute approximate surface area is 350 Å². The Morgan fingerprint density at radius 3 is 1.48 bits per heavy atom. The minimum Gasteiger partial charge on any atom is -0.317 e. The van der Waals surface area contributed by atoms with Crippen LogP contribution in [0.25, 0.3) is 55.4 Å². The molecule has 3 aliphatic rings. The average Bonchev–Trinajstić information content (AvgIpc) is 3.92. The highest BCUT2D eigenvalue weighted by Gasteiger charge is 2.33. The van der Waals surface area contributed by atoms with Crippen molar-refractivity contribution in [3.63, 3.8) is 0 Å². The molecule has 3 N–H and O–H groups in total. The van der Waals surface area contributed by atoms with E-state index in [4.69, 9.17) is 9.97 Å². The first kappa shape index (κ1) is 39.0. The van der Waals surface area contributed by atoms with Gasteiger partial charge in [0, 0.05) is 53.8 Å². The van der Waals surface area contributed by atoms with Gasteiger partial charge >= 0.3 is 0 Å². The summed E-state index contributed by atoms with van der Waals surface area (Å²) in [5.74, 6) is 1.36. The minimum atomic E-state index is -0.387. The van der Waals surface area contributed by atoms with Crippen molar-refractivity contribution in [3.05, 3.63) is 128 Å². The normalized spacial score (nSPS) is 16.8. The van der Waals surface area contributed by atoms with Crippen molar-refractivity contribution in [2.45, 2.75) is 84.1 Å². The maximum Gasteiger partial charge on any atom is 0.258 e. The van der Waals surface area contributed by atoms with Crippen molar-refractivity contribution in [1.82, 2.24) is 48.9 Å². The van der Waals surface area contributed by atoms with Gasteiger partial charge in [0.1, 0.15) is 11.6 Å². The van der Waals surface area contributed by atoms with Crippen LogP contribution in [0, 0.1) is 39.3 Å². The number of benzene rings is 2. The van der Waals surface area contributed by atoms with E-state index in [0.29, 0.717) is 44.6 Å². The Balaban J connectivity index is 0.000000147. The molecule has 8 aromatic rings. The molecule has 1 aliphatic carbocycles. The molecule has 11 rings (SSSR count). The highest BCUT2D eigenvalue weighted by Crippen LogP contribution is 2.35. The molecule has 6 aromatic heterocycles. The Morgan fingerprint density at radius 1 is 0.557 bits per heavy atom. The number of likely N-dealkylation sites (tertiary alicyclic amines) is 1. The standard InChI is InChI=1S/C25H26FN5O.C22H22FN5O/c1-14-9-17(18-11-21(26)24-27-15(2)12-31(24)13-18)10-20-22(14)28-23(29-25(20)32)16-5-7-30(8-6-16)19-3-4-19;1-12-7-15(16-9-18(23)21-25-13(2)10-28(21)11-16)8-17-19(12)26-20(27-22(17)29)14-3-5-24-6-4-14/h9-13,16,19H,3-8H2,1-2H3,(H,28,29,32);7-11,14,24H,3-6H2,1-2H3,(H,26,27,29). The van der Waals surface area contributed by atoms with Crippen LogP contribution in [0.5, 0.6) is 0 Å². The Bertz CT molecular complexity index is 3130. The molecular weight excluding hydrogens is 775 g/mol. The number of piperidine rings is 2. The van der Waals surface area contributed by atoms with E-state index in [-0.39, 0.29) is 28.7 Å². The number of nitrogens with one attached hydrogen (secondary N) is 3. The number of hydrogen-bond donors (Lipinski definition) is 3. The molecule has 0 radical (unpaired) electrons. The summed E-state index contributed by atoms with van der Waals surface area (Å²) in [6.07, 6.45) is 13.9. The zero-order chi connectivity index (χ0) is 42.1. The molecule has 0 bridgehead atoms. The minimum absolute atomic E-state index is 0.125. The molecule has 0 unspecified atom stereocenters. The number of pyridine rings is 2. The Kier molecular flexibility index (Phi) is 9.86. The van der Waals surface area contributed by atoms with E-state index in [0.717, 1.165) is 109 Å². The largest absolute Gasteiger partial charge is 0.317 e. The lowest BCUT2D eigenvalue weighted by molar-refractivity contribution is 0.200. The Hall–Kier alpha value is -6.12. The molecular formula is C47H48F2N10O2. The summed E-state index contributed by atoms with van der Waals surface area (Å²) < 4.78 is 32.5. The van der Waals surface area contributed by atoms with Gasteiger partial charge in [-0.15, -0.1) is 0 Å². The van der Waals surface area contributed by atoms with Crippen molar-refractivity contribution in [1.29, 1.82) is 0 Å². The van der Waals surface area contributed by atoms with Crippen molar-refractivity contribution < 1.29 is 8.78 Å². The van der Waals surface area contributed by atoms with Gasteiger partial charge in [0.25, 0.3) is 11.1 Å². The predicted octanol–water partition coefficient (Wildman–Crippen LogP) is 7.80. The first-order valence-corrected chi connectivity index (χ1v) is 21.3. The van der Waals surface area contributed by atoms with Gasteiger partial charge in [-0.1, -0.05) is 0 Å². The van der Waals surface area contributed by atoms with Crippen LogP contribution in [0.4, 0.5) is 8.78 Å². The van der Waals surface area contributed by atoms with Crippen LogP contribution in [-0.4, -0.2) is 75.8 Å². The predicted molar refractivity (Wildman–Crippen MR) is 233 cm³/mol. The molecule has 3 fully saturated rings. The summed E-state index contributed by atoms with van der Waals surface area (Å²) in [4.78, 5) is 52.6. The molecule has 8 heterocycles. The lowest BCUT2D eigenvalue weighted by Crippen LogP contribution is -2.35. The molecule has 1 saturated carbocycles. The van der Waals surface area contributed by atoms with E-state index < -0.39 is 0 Å². The number of H-pyrrole nitrogens is 2. The van der Waals surface area contributed by atoms with Crippen LogP contribution in [0.1, 0.15) is 84.5 Å². The van der Waals surface area contributed by atoms with Crippen molar-refractivity contribution in [2.24, 2.45) is 0 Å². The smallest absolute Gasteiger partial charge is 0.258 e. The van der Waals surface area contributed by atoms with Gasteiger partial charge in [-0.3, -0.25) is 9.59 Å². The van der Waals surface area contributed by atoms with E-state index in [1.807, 2.05) is 58.3 Å². The summed E-state index contributed by atoms with van der Waals surface area (Å²) in [5, 5.41) is 4.41. The third-order valence-electron chi connectivity index (χ3n) is 12.7. The lowest BCUT2D eigenvalue weighted by Gasteiger charge is -2.31. The van der Waals surface area contributed by atoms with Crippen molar-refractivity contribution in [2.75, 3.05) is 26.2 Å². The molecule has 61 heavy (non-hydrogen) atoms. The third-order valence-corrected chi connectivity index (χ3v) is 12.7. The first-order chi connectivity index (χ1) is 29.4. The number of nitrogens with zero attached hydrogens (tertiary/aromatic N) is 7. The second-order valence-corrected chi connectivity index (χ2v) is 17.2. The van der Waals surface area contributed by atoms with Gasteiger partial charge in [0.15, 0.2) is 22.9 Å². The van der Waals surface area contributed by atoms with Crippen LogP contribution >= 0.6 is 0 Å². The van der Waals surface area contributed by atoms with Crippen LogP contribution in [-0.2, 0) is 0 Å².